The first kappa shape index (κ1) is 7.72. The van der Waals surface area contributed by atoms with Crippen molar-refractivity contribution in [3.05, 3.63) is 24.8 Å². The van der Waals surface area contributed by atoms with Crippen LogP contribution in [0.5, 0.6) is 0 Å². The third kappa shape index (κ3) is 1.35. The Balaban J connectivity index is 2.53. The molecule has 0 aliphatic heterocycles. The first-order valence-corrected chi connectivity index (χ1v) is 3.82. The van der Waals surface area contributed by atoms with Crippen LogP contribution in [-0.2, 0) is 7.05 Å². The fourth-order valence-corrected chi connectivity index (χ4v) is 1.07. The third-order valence-electron chi connectivity index (χ3n) is 1.72. The Bertz CT molecular complexity index is 420. The molecule has 13 heavy (non-hydrogen) atoms. The predicted octanol–water partition coefficient (Wildman–Crippen LogP) is 0.459. The van der Waals surface area contributed by atoms with E-state index in [1.54, 1.807) is 24.8 Å². The van der Waals surface area contributed by atoms with E-state index in [2.05, 4.69) is 15.0 Å². The SMILES string of the molecule is Cn1cncc1-c1nccc(N)n1. The van der Waals surface area contributed by atoms with Crippen molar-refractivity contribution in [2.75, 3.05) is 5.73 Å². The summed E-state index contributed by atoms with van der Waals surface area (Å²) in [5.74, 6) is 1.06. The summed E-state index contributed by atoms with van der Waals surface area (Å²) in [7, 11) is 1.88. The minimum absolute atomic E-state index is 0.464. The van der Waals surface area contributed by atoms with Gasteiger partial charge in [-0.25, -0.2) is 15.0 Å². The van der Waals surface area contributed by atoms with Gasteiger partial charge < -0.3 is 10.3 Å². The lowest BCUT2D eigenvalue weighted by atomic mass is 10.4. The highest BCUT2D eigenvalue weighted by Crippen LogP contribution is 2.12. The van der Waals surface area contributed by atoms with Gasteiger partial charge in [0.15, 0.2) is 5.82 Å². The van der Waals surface area contributed by atoms with E-state index in [9.17, 15) is 0 Å². The number of nitrogens with two attached hydrogens (primary N) is 1. The molecule has 0 unspecified atom stereocenters. The second kappa shape index (κ2) is 2.85. The first-order valence-electron chi connectivity index (χ1n) is 3.82. The minimum Gasteiger partial charge on any atom is -0.384 e. The molecule has 5 heteroatoms. The number of aryl methyl sites for hydroxylation is 1. The molecule has 0 aromatic carbocycles. The Labute approximate surface area is 75.3 Å². The topological polar surface area (TPSA) is 69.6 Å². The molecule has 0 saturated carbocycles. The Morgan fingerprint density at radius 1 is 1.46 bits per heavy atom. The molecule has 0 bridgehead atoms. The monoisotopic (exact) mass is 175 g/mol. The number of hydrogen-bond acceptors (Lipinski definition) is 4. The summed E-state index contributed by atoms with van der Waals surface area (Å²) in [5, 5.41) is 0. The summed E-state index contributed by atoms with van der Waals surface area (Å²) in [6.45, 7) is 0. The van der Waals surface area contributed by atoms with Gasteiger partial charge in [-0.15, -0.1) is 0 Å². The molecule has 0 radical (unpaired) electrons. The molecule has 0 atom stereocenters. The van der Waals surface area contributed by atoms with Crippen LogP contribution in [0.25, 0.3) is 11.5 Å². The summed E-state index contributed by atoms with van der Waals surface area (Å²) >= 11 is 0. The lowest BCUT2D eigenvalue weighted by molar-refractivity contribution is 0.909. The van der Waals surface area contributed by atoms with Crippen LogP contribution >= 0.6 is 0 Å². The van der Waals surface area contributed by atoms with Crippen molar-refractivity contribution in [3.63, 3.8) is 0 Å². The van der Waals surface area contributed by atoms with E-state index in [0.717, 1.165) is 5.69 Å². The van der Waals surface area contributed by atoms with Crippen molar-refractivity contribution >= 4 is 5.82 Å². The molecular weight excluding hydrogens is 166 g/mol. The number of nitrogens with zero attached hydrogens (tertiary/aromatic N) is 4. The van der Waals surface area contributed by atoms with Crippen molar-refractivity contribution in [1.29, 1.82) is 0 Å². The van der Waals surface area contributed by atoms with Crippen LogP contribution in [0.2, 0.25) is 0 Å². The van der Waals surface area contributed by atoms with E-state index in [0.29, 0.717) is 11.6 Å². The predicted molar refractivity (Wildman–Crippen MR) is 48.6 cm³/mol. The second-order valence-electron chi connectivity index (χ2n) is 2.69. The van der Waals surface area contributed by atoms with E-state index >= 15 is 0 Å². The Hall–Kier alpha value is -1.91. The molecule has 0 saturated heterocycles. The van der Waals surface area contributed by atoms with Crippen LogP contribution in [0, 0.1) is 0 Å². The van der Waals surface area contributed by atoms with Gasteiger partial charge in [-0.1, -0.05) is 0 Å². The molecular formula is C8H9N5. The summed E-state index contributed by atoms with van der Waals surface area (Å²) in [6.07, 6.45) is 5.03. The zero-order valence-corrected chi connectivity index (χ0v) is 7.18. The number of anilines is 1. The number of aromatic nitrogens is 4. The largest absolute Gasteiger partial charge is 0.384 e. The van der Waals surface area contributed by atoms with E-state index in [1.807, 2.05) is 11.6 Å². The van der Waals surface area contributed by atoms with Crippen LogP contribution in [-0.4, -0.2) is 19.5 Å². The van der Waals surface area contributed by atoms with Gasteiger partial charge >= 0.3 is 0 Å². The van der Waals surface area contributed by atoms with Gasteiger partial charge in [0.25, 0.3) is 0 Å². The fourth-order valence-electron chi connectivity index (χ4n) is 1.07. The maximum Gasteiger partial charge on any atom is 0.179 e. The van der Waals surface area contributed by atoms with Crippen molar-refractivity contribution in [3.8, 4) is 11.5 Å². The smallest absolute Gasteiger partial charge is 0.179 e. The van der Waals surface area contributed by atoms with Crippen LogP contribution < -0.4 is 5.73 Å². The summed E-state index contributed by atoms with van der Waals surface area (Å²) < 4.78 is 1.84. The number of hydrogen-bond donors (Lipinski definition) is 1. The third-order valence-corrected chi connectivity index (χ3v) is 1.72. The van der Waals surface area contributed by atoms with Crippen LogP contribution in [0.15, 0.2) is 24.8 Å². The summed E-state index contributed by atoms with van der Waals surface area (Å²) in [5.41, 5.74) is 6.39. The molecule has 2 rings (SSSR count). The van der Waals surface area contributed by atoms with Crippen molar-refractivity contribution in [1.82, 2.24) is 19.5 Å². The molecule has 0 aliphatic rings. The Morgan fingerprint density at radius 2 is 2.31 bits per heavy atom. The highest BCUT2D eigenvalue weighted by molar-refractivity contribution is 5.50. The van der Waals surface area contributed by atoms with Gasteiger partial charge in [0.1, 0.15) is 11.5 Å². The van der Waals surface area contributed by atoms with Crippen LogP contribution in [0.3, 0.4) is 0 Å². The lowest BCUT2D eigenvalue weighted by Crippen LogP contribution is -1.97. The van der Waals surface area contributed by atoms with Gasteiger partial charge in [-0.2, -0.15) is 0 Å². The molecule has 0 aliphatic carbocycles. The molecule has 2 N–H and O–H groups in total. The molecule has 5 nitrogen and oxygen atoms in total. The zero-order valence-electron chi connectivity index (χ0n) is 7.18. The van der Waals surface area contributed by atoms with Gasteiger partial charge in [-0.05, 0) is 6.07 Å². The van der Waals surface area contributed by atoms with Crippen molar-refractivity contribution < 1.29 is 0 Å². The molecule has 0 spiro atoms. The van der Waals surface area contributed by atoms with Crippen LogP contribution in [0.1, 0.15) is 0 Å². The molecule has 0 amide bonds. The molecule has 0 fully saturated rings. The maximum atomic E-state index is 5.53. The van der Waals surface area contributed by atoms with E-state index in [-0.39, 0.29) is 0 Å². The quantitative estimate of drug-likeness (QED) is 0.683. The normalized spacial score (nSPS) is 10.2. The zero-order chi connectivity index (χ0) is 9.26. The lowest BCUT2D eigenvalue weighted by Gasteiger charge is -2.00. The maximum absolute atomic E-state index is 5.53. The van der Waals surface area contributed by atoms with Crippen molar-refractivity contribution in [2.45, 2.75) is 0 Å². The second-order valence-corrected chi connectivity index (χ2v) is 2.69. The first-order chi connectivity index (χ1) is 6.27. The number of rotatable bonds is 1. The fraction of sp³-hybridized carbons (Fsp3) is 0.125. The van der Waals surface area contributed by atoms with Gasteiger partial charge in [-0.3, -0.25) is 0 Å². The number of nitrogen functional groups attached to an aromatic ring is 1. The van der Waals surface area contributed by atoms with Crippen LogP contribution in [0.4, 0.5) is 5.82 Å². The minimum atomic E-state index is 0.464. The molecule has 2 heterocycles. The van der Waals surface area contributed by atoms with E-state index < -0.39 is 0 Å². The van der Waals surface area contributed by atoms with E-state index in [4.69, 9.17) is 5.73 Å². The Morgan fingerprint density at radius 3 is 2.92 bits per heavy atom. The van der Waals surface area contributed by atoms with Gasteiger partial charge in [0, 0.05) is 13.2 Å². The summed E-state index contributed by atoms with van der Waals surface area (Å²) in [6, 6.07) is 1.65. The standard InChI is InChI=1S/C8H9N5/c1-13-5-10-4-6(13)8-11-3-2-7(9)12-8/h2-5H,1H3,(H2,9,11,12). The number of imidazole rings is 1. The highest BCUT2D eigenvalue weighted by atomic mass is 15.1. The van der Waals surface area contributed by atoms with Gasteiger partial charge in [0.2, 0.25) is 0 Å². The summed E-state index contributed by atoms with van der Waals surface area (Å²) in [4.78, 5) is 12.1. The highest BCUT2D eigenvalue weighted by Gasteiger charge is 2.04. The average molecular weight is 175 g/mol. The van der Waals surface area contributed by atoms with E-state index in [1.165, 1.54) is 0 Å². The average Bonchev–Trinajstić information content (AvgIpc) is 2.51. The molecule has 66 valence electrons. The molecule has 2 aromatic rings. The van der Waals surface area contributed by atoms with Crippen molar-refractivity contribution in [2.24, 2.45) is 7.05 Å². The molecule has 2 aromatic heterocycles. The Kier molecular flexibility index (Phi) is 1.70. The van der Waals surface area contributed by atoms with Gasteiger partial charge in [0.05, 0.1) is 12.5 Å².